The van der Waals surface area contributed by atoms with E-state index in [4.69, 9.17) is 10.4 Å². The Labute approximate surface area is 161 Å². The van der Waals surface area contributed by atoms with E-state index in [0.29, 0.717) is 11.8 Å². The summed E-state index contributed by atoms with van der Waals surface area (Å²) in [4.78, 5) is 17.6. The average Bonchev–Trinajstić information content (AvgIpc) is 2.58. The van der Waals surface area contributed by atoms with Crippen molar-refractivity contribution in [3.63, 3.8) is 0 Å². The minimum atomic E-state index is 0.0143. The van der Waals surface area contributed by atoms with Gasteiger partial charge in [0.05, 0.1) is 0 Å². The number of nitrogens with zero attached hydrogens (tertiary/aromatic N) is 2. The van der Waals surface area contributed by atoms with Crippen molar-refractivity contribution in [3.05, 3.63) is 51.7 Å². The molecule has 3 rings (SSSR count). The molecule has 0 radical (unpaired) electrons. The maximum absolute atomic E-state index is 12.9. The summed E-state index contributed by atoms with van der Waals surface area (Å²) in [7, 11) is 0. The Kier molecular flexibility index (Phi) is 5.78. The van der Waals surface area contributed by atoms with Crippen LogP contribution in [0.25, 0.3) is 11.2 Å². The van der Waals surface area contributed by atoms with E-state index >= 15 is 0 Å². The standard InChI is InChI=1S/C22H30N4O/c1-14(2)11-24-12-17(10-23)18-8-9-26-21(20(18)16-6-5-7-16)25-13-19(15(3)4)22(26)27/h8-10,12-16,23-24H,5-7,11H2,1-4H3/b17-12+,23-10?. The Morgan fingerprint density at radius 3 is 2.67 bits per heavy atom. The van der Waals surface area contributed by atoms with Gasteiger partial charge in [-0.2, -0.15) is 0 Å². The molecule has 5 heteroatoms. The monoisotopic (exact) mass is 366 g/mol. The average molecular weight is 367 g/mol. The van der Waals surface area contributed by atoms with Crippen molar-refractivity contribution in [2.75, 3.05) is 6.54 Å². The Morgan fingerprint density at radius 1 is 1.37 bits per heavy atom. The molecule has 2 aromatic heterocycles. The third-order valence-electron chi connectivity index (χ3n) is 5.33. The second-order valence-corrected chi connectivity index (χ2v) is 8.18. The smallest absolute Gasteiger partial charge is 0.261 e. The van der Waals surface area contributed by atoms with Gasteiger partial charge in [-0.15, -0.1) is 0 Å². The lowest BCUT2D eigenvalue weighted by Crippen LogP contribution is -2.23. The lowest BCUT2D eigenvalue weighted by Gasteiger charge is -2.29. The second-order valence-electron chi connectivity index (χ2n) is 8.18. The van der Waals surface area contributed by atoms with E-state index in [1.54, 1.807) is 10.6 Å². The minimum absolute atomic E-state index is 0.0143. The fraction of sp³-hybridized carbons (Fsp3) is 0.500. The minimum Gasteiger partial charge on any atom is -0.390 e. The second kappa shape index (κ2) is 8.07. The summed E-state index contributed by atoms with van der Waals surface area (Å²) in [6.07, 6.45) is 10.3. The van der Waals surface area contributed by atoms with Crippen molar-refractivity contribution >= 4 is 17.4 Å². The van der Waals surface area contributed by atoms with Gasteiger partial charge in [0.25, 0.3) is 5.56 Å². The largest absolute Gasteiger partial charge is 0.390 e. The van der Waals surface area contributed by atoms with Gasteiger partial charge in [-0.3, -0.25) is 9.20 Å². The number of pyridine rings is 1. The number of aromatic nitrogens is 2. The van der Waals surface area contributed by atoms with Gasteiger partial charge in [0.1, 0.15) is 5.65 Å². The van der Waals surface area contributed by atoms with Crippen molar-refractivity contribution in [3.8, 4) is 0 Å². The normalized spacial score (nSPS) is 15.4. The zero-order valence-corrected chi connectivity index (χ0v) is 16.7. The van der Waals surface area contributed by atoms with Gasteiger partial charge in [-0.25, -0.2) is 4.98 Å². The van der Waals surface area contributed by atoms with Crippen LogP contribution in [0.4, 0.5) is 0 Å². The maximum atomic E-state index is 12.9. The molecule has 0 amide bonds. The van der Waals surface area contributed by atoms with E-state index < -0.39 is 0 Å². The van der Waals surface area contributed by atoms with E-state index in [2.05, 4.69) is 19.2 Å². The van der Waals surface area contributed by atoms with Crippen LogP contribution in [-0.4, -0.2) is 22.1 Å². The summed E-state index contributed by atoms with van der Waals surface area (Å²) in [5.74, 6) is 1.08. The molecule has 1 fully saturated rings. The molecule has 2 N–H and O–H groups in total. The molecular formula is C22H30N4O. The highest BCUT2D eigenvalue weighted by Crippen LogP contribution is 2.41. The third kappa shape index (κ3) is 3.82. The molecule has 0 unspecified atom stereocenters. The summed E-state index contributed by atoms with van der Waals surface area (Å²) in [6, 6.07) is 1.97. The molecule has 0 aliphatic heterocycles. The predicted molar refractivity (Wildman–Crippen MR) is 112 cm³/mol. The van der Waals surface area contributed by atoms with Crippen molar-refractivity contribution in [2.24, 2.45) is 5.92 Å². The predicted octanol–water partition coefficient (Wildman–Crippen LogP) is 4.32. The number of hydrogen-bond donors (Lipinski definition) is 2. The molecule has 27 heavy (non-hydrogen) atoms. The lowest BCUT2D eigenvalue weighted by molar-refractivity contribution is 0.420. The first-order valence-electron chi connectivity index (χ1n) is 9.92. The highest BCUT2D eigenvalue weighted by Gasteiger charge is 2.27. The molecule has 0 spiro atoms. The van der Waals surface area contributed by atoms with Crippen LogP contribution in [-0.2, 0) is 0 Å². The quantitative estimate of drug-likeness (QED) is 0.717. The van der Waals surface area contributed by atoms with Crippen molar-refractivity contribution in [1.29, 1.82) is 5.41 Å². The van der Waals surface area contributed by atoms with E-state index in [-0.39, 0.29) is 11.5 Å². The van der Waals surface area contributed by atoms with Gasteiger partial charge in [-0.05, 0) is 42.2 Å². The van der Waals surface area contributed by atoms with Gasteiger partial charge in [-0.1, -0.05) is 34.1 Å². The van der Waals surface area contributed by atoms with Crippen LogP contribution < -0.4 is 10.9 Å². The molecular weight excluding hydrogens is 336 g/mol. The maximum Gasteiger partial charge on any atom is 0.261 e. The Morgan fingerprint density at radius 2 is 2.11 bits per heavy atom. The SMILES string of the molecule is CC(C)CN/C=C(\C=N)c1ccn2c(=O)c(C(C)C)cnc2c1C1CCC1. The van der Waals surface area contributed by atoms with Crippen molar-refractivity contribution in [2.45, 2.75) is 58.8 Å². The topological polar surface area (TPSA) is 70.2 Å². The van der Waals surface area contributed by atoms with Gasteiger partial charge in [0.2, 0.25) is 0 Å². The van der Waals surface area contributed by atoms with E-state index in [0.717, 1.165) is 47.3 Å². The molecule has 1 aliphatic rings. The molecule has 144 valence electrons. The van der Waals surface area contributed by atoms with Crippen LogP contribution in [0.1, 0.15) is 75.5 Å². The first-order chi connectivity index (χ1) is 12.9. The number of nitrogens with one attached hydrogen (secondary N) is 2. The highest BCUT2D eigenvalue weighted by molar-refractivity contribution is 6.09. The van der Waals surface area contributed by atoms with Gasteiger partial charge in [0, 0.05) is 48.1 Å². The van der Waals surface area contributed by atoms with Crippen molar-refractivity contribution in [1.82, 2.24) is 14.7 Å². The van der Waals surface area contributed by atoms with Gasteiger partial charge >= 0.3 is 0 Å². The summed E-state index contributed by atoms with van der Waals surface area (Å²) in [5.41, 5.74) is 4.44. The number of hydrogen-bond acceptors (Lipinski definition) is 4. The number of rotatable bonds is 7. The fourth-order valence-electron chi connectivity index (χ4n) is 3.53. The fourth-order valence-corrected chi connectivity index (χ4v) is 3.53. The van der Waals surface area contributed by atoms with Gasteiger partial charge in [0.15, 0.2) is 0 Å². The Balaban J connectivity index is 2.17. The molecule has 5 nitrogen and oxygen atoms in total. The molecule has 1 aliphatic carbocycles. The van der Waals surface area contributed by atoms with Crippen LogP contribution in [0.2, 0.25) is 0 Å². The van der Waals surface area contributed by atoms with E-state index in [9.17, 15) is 4.79 Å². The summed E-state index contributed by atoms with van der Waals surface area (Å²) in [5, 5.41) is 11.2. The van der Waals surface area contributed by atoms with E-state index in [1.165, 1.54) is 12.6 Å². The third-order valence-corrected chi connectivity index (χ3v) is 5.33. The molecule has 1 saturated carbocycles. The Hall–Kier alpha value is -2.43. The molecule has 2 aromatic rings. The van der Waals surface area contributed by atoms with Crippen LogP contribution in [0.15, 0.2) is 29.5 Å². The summed E-state index contributed by atoms with van der Waals surface area (Å²) in [6.45, 7) is 9.20. The summed E-state index contributed by atoms with van der Waals surface area (Å²) >= 11 is 0. The van der Waals surface area contributed by atoms with E-state index in [1.807, 2.05) is 32.3 Å². The van der Waals surface area contributed by atoms with Crippen LogP contribution >= 0.6 is 0 Å². The first-order valence-corrected chi connectivity index (χ1v) is 9.92. The first kappa shape index (κ1) is 19.3. The van der Waals surface area contributed by atoms with Crippen LogP contribution in [0.3, 0.4) is 0 Å². The van der Waals surface area contributed by atoms with Gasteiger partial charge < -0.3 is 10.7 Å². The highest BCUT2D eigenvalue weighted by atomic mass is 16.1. The molecule has 0 saturated heterocycles. The van der Waals surface area contributed by atoms with Crippen LogP contribution in [0.5, 0.6) is 0 Å². The zero-order chi connectivity index (χ0) is 19.6. The molecule has 0 bridgehead atoms. The molecule has 2 heterocycles. The number of allylic oxidation sites excluding steroid dienone is 1. The Bertz CT molecular complexity index is 920. The van der Waals surface area contributed by atoms with Crippen LogP contribution in [0, 0.1) is 11.3 Å². The number of fused-ring (bicyclic) bond motifs is 1. The lowest BCUT2D eigenvalue weighted by atomic mass is 9.77. The molecule has 0 aromatic carbocycles. The zero-order valence-electron chi connectivity index (χ0n) is 16.7. The van der Waals surface area contributed by atoms with Crippen molar-refractivity contribution < 1.29 is 0 Å². The molecule has 0 atom stereocenters. The summed E-state index contributed by atoms with van der Waals surface area (Å²) < 4.78 is 1.69.